The monoisotopic (exact) mass is 1260 g/mol. The van der Waals surface area contributed by atoms with Gasteiger partial charge in [-0.1, -0.05) is 101 Å². The summed E-state index contributed by atoms with van der Waals surface area (Å²) in [4.78, 5) is 126. The molecule has 88 heavy (non-hydrogen) atoms. The first-order valence-electron chi connectivity index (χ1n) is 30.6. The van der Waals surface area contributed by atoms with Crippen LogP contribution in [0.15, 0.2) is 93.3 Å². The van der Waals surface area contributed by atoms with Crippen LogP contribution < -0.4 is 10.6 Å². The lowest BCUT2D eigenvalue weighted by Gasteiger charge is -2.35. The number of piperazine rings is 1. The fourth-order valence-electron chi connectivity index (χ4n) is 11.6. The molecule has 0 aliphatic carbocycles. The second-order valence-corrected chi connectivity index (χ2v) is 26.7. The highest BCUT2D eigenvalue weighted by Crippen LogP contribution is 2.35. The number of carbonyl (C=O) groups excluding carboxylic acids is 8. The third-order valence-corrected chi connectivity index (χ3v) is 18.8. The number of aromatic nitrogens is 2. The number of thioether (sulfide) groups is 2. The zero-order valence-electron chi connectivity index (χ0n) is 51.9. The minimum absolute atomic E-state index is 0.0200. The van der Waals surface area contributed by atoms with Gasteiger partial charge in [-0.25, -0.2) is 19.6 Å². The first kappa shape index (κ1) is 69.0. The number of ketones is 2. The van der Waals surface area contributed by atoms with Crippen molar-refractivity contribution in [2.24, 2.45) is 23.7 Å². The number of oxazole rings is 2. The maximum Gasteiger partial charge on any atom is 0.330 e. The van der Waals surface area contributed by atoms with Gasteiger partial charge in [0, 0.05) is 112 Å². The Morgan fingerprint density at radius 1 is 0.580 bits per heavy atom. The third kappa shape index (κ3) is 20.3. The van der Waals surface area contributed by atoms with Crippen molar-refractivity contribution in [2.75, 3.05) is 77.0 Å². The van der Waals surface area contributed by atoms with E-state index in [1.54, 1.807) is 86.0 Å². The fraction of sp³-hybridized carbons (Fsp3) is 0.594. The van der Waals surface area contributed by atoms with E-state index in [0.717, 1.165) is 39.3 Å². The van der Waals surface area contributed by atoms with Gasteiger partial charge in [-0.05, 0) is 50.7 Å². The third-order valence-electron chi connectivity index (χ3n) is 16.2. The van der Waals surface area contributed by atoms with E-state index in [4.69, 9.17) is 18.3 Å². The Bertz CT molecular complexity index is 2760. The molecule has 4 amide bonds. The van der Waals surface area contributed by atoms with Crippen LogP contribution in [0.3, 0.4) is 0 Å². The molecule has 0 spiro atoms. The zero-order valence-corrected chi connectivity index (χ0v) is 53.5. The van der Waals surface area contributed by atoms with Crippen LogP contribution in [0.25, 0.3) is 0 Å². The predicted molar refractivity (Wildman–Crippen MR) is 334 cm³/mol. The highest BCUT2D eigenvalue weighted by Gasteiger charge is 2.47. The summed E-state index contributed by atoms with van der Waals surface area (Å²) in [5.41, 5.74) is 1.30. The number of nitrogens with zero attached hydrogens (tertiary/aromatic N) is 6. The zero-order chi connectivity index (χ0) is 63.6. The molecular formula is C64H88N8O14S2. The van der Waals surface area contributed by atoms with Crippen LogP contribution in [0.2, 0.25) is 0 Å². The molecule has 22 nitrogen and oxygen atoms in total. The van der Waals surface area contributed by atoms with Crippen LogP contribution in [0.4, 0.5) is 0 Å². The number of ether oxygens (including phenoxy) is 2. The quantitative estimate of drug-likeness (QED) is 0.225. The molecule has 10 atom stereocenters. The maximum absolute atomic E-state index is 14.5. The first-order chi connectivity index (χ1) is 42.0. The van der Waals surface area contributed by atoms with Crippen LogP contribution in [-0.4, -0.2) is 211 Å². The Balaban J connectivity index is 0.971. The molecule has 4 unspecified atom stereocenters. The number of aliphatic hydroxyl groups is 2. The second-order valence-electron chi connectivity index (χ2n) is 24.0. The van der Waals surface area contributed by atoms with E-state index in [-0.39, 0.29) is 133 Å². The van der Waals surface area contributed by atoms with Crippen molar-refractivity contribution in [1.82, 2.24) is 40.2 Å². The molecule has 3 saturated heterocycles. The largest absolute Gasteiger partial charge is 0.460 e. The SMILES string of the molecule is CC1=C[C@@H](O)CC(=O)Cc2nc(co2)C(=O)N2CCC(SCCN3CCN(CCSC4CCN5C(=O)c6coc(n6)CC(=O)C[C@H](O)/C=C(C)/C=C/CNC(=O)/C=C/[C@@H](C)[C@@H](C(C)C)OC(=O)C45)CC3)C2C(=O)O[C@H](C(C)C)[C@H](C)/C=C/C(=O)NCC=C1. The van der Waals surface area contributed by atoms with Crippen LogP contribution in [0.1, 0.15) is 114 Å². The number of rotatable bonds is 10. The molecular weight excluding hydrogens is 1170 g/mol. The molecule has 7 heterocycles. The molecule has 7 rings (SSSR count). The number of Topliss-reactive ketones (excluding diaryl/α,β-unsaturated/α-hetero) is 2. The van der Waals surface area contributed by atoms with Gasteiger partial charge in [0.1, 0.15) is 48.4 Å². The Labute approximate surface area is 524 Å². The van der Waals surface area contributed by atoms with Crippen LogP contribution in [-0.2, 0) is 51.1 Å². The molecule has 2 aromatic heterocycles. The topological polar surface area (TPSA) is 285 Å². The van der Waals surface area contributed by atoms with Gasteiger partial charge in [0.15, 0.2) is 11.4 Å². The van der Waals surface area contributed by atoms with E-state index in [2.05, 4.69) is 30.4 Å². The Morgan fingerprint density at radius 2 is 0.966 bits per heavy atom. The molecule has 24 heteroatoms. The minimum Gasteiger partial charge on any atom is -0.460 e. The highest BCUT2D eigenvalue weighted by atomic mass is 32.2. The van der Waals surface area contributed by atoms with E-state index >= 15 is 0 Å². The van der Waals surface area contributed by atoms with Crippen molar-refractivity contribution < 1.29 is 66.9 Å². The van der Waals surface area contributed by atoms with Gasteiger partial charge in [0.2, 0.25) is 23.6 Å². The van der Waals surface area contributed by atoms with E-state index in [0.29, 0.717) is 35.5 Å². The summed E-state index contributed by atoms with van der Waals surface area (Å²) in [7, 11) is 0. The van der Waals surface area contributed by atoms with Crippen molar-refractivity contribution in [3.63, 3.8) is 0 Å². The smallest absolute Gasteiger partial charge is 0.330 e. The van der Waals surface area contributed by atoms with Gasteiger partial charge in [0.25, 0.3) is 11.8 Å². The number of hydrogen-bond acceptors (Lipinski definition) is 20. The van der Waals surface area contributed by atoms with Crippen LogP contribution >= 0.6 is 23.5 Å². The van der Waals surface area contributed by atoms with Crippen LogP contribution in [0.5, 0.6) is 0 Å². The standard InChI is InChI=1S/C64H88N8O14S2/c1-39(2)59-43(7)13-15-53(77)65-19-9-11-41(5)31-45(73)33-47(75)35-55-67-49(37-83-55)61(79)71-21-17-51(57(71)63(81)85-59)87-29-27-69-23-25-70(26-24-69)28-30-88-52-18-22-72-58(52)64(82)86-60(40(3)4)44(8)14-16-54(78)66-20-10-12-42(6)32-46(74)34-48(76)36-56-68-50(38-84-56)62(72)80/h9-16,31-32,37-40,43-46,51-52,57-60,73-74H,17-30,33-36H2,1-8H3,(H,65,77)(H,66,78)/b11-9+,12-10?,15-13+,16-14+,41-31+,42-32?/t43-,44-,45-,46-,51?,52?,57?,58?,59-,60-/m1/s1. The average Bonchev–Trinajstić information content (AvgIpc) is 2.50. The van der Waals surface area contributed by atoms with Crippen molar-refractivity contribution in [2.45, 2.75) is 141 Å². The number of allylic oxidation sites excluding steroid dienone is 4. The van der Waals surface area contributed by atoms with Gasteiger partial charge in [0.05, 0.1) is 25.0 Å². The molecule has 3 fully saturated rings. The molecule has 5 aliphatic rings. The van der Waals surface area contributed by atoms with Gasteiger partial charge < -0.3 is 49.0 Å². The number of nitrogens with one attached hydrogen (secondary N) is 2. The van der Waals surface area contributed by atoms with Crippen molar-refractivity contribution in [1.29, 1.82) is 0 Å². The normalized spacial score (nSPS) is 29.8. The van der Waals surface area contributed by atoms with E-state index in [1.807, 2.05) is 41.5 Å². The average molecular weight is 1260 g/mol. The maximum atomic E-state index is 14.5. The van der Waals surface area contributed by atoms with Gasteiger partial charge in [-0.15, -0.1) is 0 Å². The molecule has 0 radical (unpaired) electrons. The highest BCUT2D eigenvalue weighted by molar-refractivity contribution is 8.00. The first-order valence-corrected chi connectivity index (χ1v) is 32.7. The summed E-state index contributed by atoms with van der Waals surface area (Å²) in [6.07, 6.45) is 15.4. The molecule has 0 aromatic carbocycles. The predicted octanol–water partition coefficient (Wildman–Crippen LogP) is 5.12. The summed E-state index contributed by atoms with van der Waals surface area (Å²) in [5, 5.41) is 26.2. The summed E-state index contributed by atoms with van der Waals surface area (Å²) in [6.45, 7) is 20.6. The minimum atomic E-state index is -1.07. The molecule has 5 aliphatic heterocycles. The molecule has 0 saturated carbocycles. The summed E-state index contributed by atoms with van der Waals surface area (Å²) in [6, 6.07) is -1.92. The van der Waals surface area contributed by atoms with Gasteiger partial charge in [-0.2, -0.15) is 23.5 Å². The molecule has 2 aromatic rings. The van der Waals surface area contributed by atoms with Crippen LogP contribution in [0, 0.1) is 23.7 Å². The van der Waals surface area contributed by atoms with E-state index in [1.165, 1.54) is 34.5 Å². The summed E-state index contributed by atoms with van der Waals surface area (Å²) in [5.74, 6) is -3.14. The number of aliphatic hydroxyl groups excluding tert-OH is 2. The number of esters is 2. The molecule has 4 N–H and O–H groups in total. The number of amides is 4. The van der Waals surface area contributed by atoms with Crippen molar-refractivity contribution >= 4 is 70.7 Å². The number of hydrogen-bond donors (Lipinski definition) is 4. The van der Waals surface area contributed by atoms with E-state index < -0.39 is 60.3 Å². The number of carbonyl (C=O) groups is 8. The van der Waals surface area contributed by atoms with Gasteiger partial charge in [-0.3, -0.25) is 38.6 Å². The lowest BCUT2D eigenvalue weighted by Crippen LogP contribution is -2.49. The number of fused-ring (bicyclic) bond motifs is 6. The molecule has 4 bridgehead atoms. The van der Waals surface area contributed by atoms with Crippen molar-refractivity contribution in [3.8, 4) is 0 Å². The van der Waals surface area contributed by atoms with Crippen molar-refractivity contribution in [3.05, 3.63) is 108 Å². The summed E-state index contributed by atoms with van der Waals surface area (Å²) >= 11 is 3.22. The molecule has 480 valence electrons. The number of cyclic esters (lactones) is 2. The van der Waals surface area contributed by atoms with Gasteiger partial charge >= 0.3 is 11.9 Å². The van der Waals surface area contributed by atoms with E-state index in [9.17, 15) is 48.6 Å². The Kier molecular flexibility index (Phi) is 26.2. The fourth-order valence-corrected chi connectivity index (χ4v) is 14.3. The Hall–Kier alpha value is -6.44. The lowest BCUT2D eigenvalue weighted by molar-refractivity contribution is -0.158. The lowest BCUT2D eigenvalue weighted by atomic mass is 9.94. The second kappa shape index (κ2) is 33.4. The summed E-state index contributed by atoms with van der Waals surface area (Å²) < 4.78 is 23.8. The Morgan fingerprint density at radius 3 is 1.34 bits per heavy atom.